The van der Waals surface area contributed by atoms with E-state index in [2.05, 4.69) is 16.9 Å². The maximum atomic E-state index is 10.2. The molecule has 0 spiro atoms. The Kier molecular flexibility index (Phi) is 1.99. The van der Waals surface area contributed by atoms with Crippen molar-refractivity contribution >= 4 is 6.08 Å². The van der Waals surface area contributed by atoms with Gasteiger partial charge in [0, 0.05) is 13.1 Å². The highest BCUT2D eigenvalue weighted by molar-refractivity contribution is 5.34. The maximum absolute atomic E-state index is 10.2. The van der Waals surface area contributed by atoms with Crippen LogP contribution in [0.2, 0.25) is 0 Å². The van der Waals surface area contributed by atoms with Gasteiger partial charge in [-0.05, 0) is 31.7 Å². The van der Waals surface area contributed by atoms with Crippen molar-refractivity contribution in [3.05, 3.63) is 0 Å². The summed E-state index contributed by atoms with van der Waals surface area (Å²) in [4.78, 5) is 16.4. The Morgan fingerprint density at radius 3 is 2.42 bits per heavy atom. The van der Waals surface area contributed by atoms with E-state index in [4.69, 9.17) is 0 Å². The van der Waals surface area contributed by atoms with E-state index in [0.717, 1.165) is 13.1 Å². The summed E-state index contributed by atoms with van der Waals surface area (Å²) in [6.07, 6.45) is 4.19. The summed E-state index contributed by atoms with van der Waals surface area (Å²) in [5, 5.41) is 0. The molecule has 2 unspecified atom stereocenters. The molecule has 12 heavy (non-hydrogen) atoms. The first kappa shape index (κ1) is 7.96. The lowest BCUT2D eigenvalue weighted by molar-refractivity contribution is 0.178. The van der Waals surface area contributed by atoms with Crippen molar-refractivity contribution in [1.29, 1.82) is 0 Å². The van der Waals surface area contributed by atoms with Crippen molar-refractivity contribution in [2.45, 2.75) is 18.9 Å². The van der Waals surface area contributed by atoms with Gasteiger partial charge in [0.1, 0.15) is 0 Å². The molecule has 0 amide bonds. The smallest absolute Gasteiger partial charge is 0.235 e. The predicted molar refractivity (Wildman–Crippen MR) is 45.6 cm³/mol. The molecule has 0 aromatic rings. The topological polar surface area (TPSA) is 32.7 Å². The molecule has 1 saturated heterocycles. The zero-order valence-corrected chi connectivity index (χ0v) is 7.36. The van der Waals surface area contributed by atoms with Gasteiger partial charge in [-0.2, -0.15) is 0 Å². The Morgan fingerprint density at radius 1 is 1.33 bits per heavy atom. The molecular weight excluding hydrogens is 152 g/mol. The molecule has 3 heteroatoms. The highest BCUT2D eigenvalue weighted by Gasteiger charge is 2.40. The second-order valence-corrected chi connectivity index (χ2v) is 4.03. The Morgan fingerprint density at radius 2 is 1.92 bits per heavy atom. The summed E-state index contributed by atoms with van der Waals surface area (Å²) in [6, 6.07) is 0.290. The van der Waals surface area contributed by atoms with E-state index >= 15 is 0 Å². The molecule has 2 fully saturated rings. The summed E-state index contributed by atoms with van der Waals surface area (Å²) >= 11 is 0. The first-order valence-corrected chi connectivity index (χ1v) is 4.57. The van der Waals surface area contributed by atoms with Crippen molar-refractivity contribution in [2.75, 3.05) is 20.1 Å². The minimum Gasteiger partial charge on any atom is -0.306 e. The minimum atomic E-state index is 0.290. The lowest BCUT2D eigenvalue weighted by atomic mass is 9.93. The molecule has 2 rings (SSSR count). The van der Waals surface area contributed by atoms with E-state index in [1.54, 1.807) is 6.08 Å². The van der Waals surface area contributed by atoms with E-state index in [9.17, 15) is 4.79 Å². The number of aliphatic imine (C=N–C) groups is 1. The van der Waals surface area contributed by atoms with Crippen LogP contribution >= 0.6 is 0 Å². The van der Waals surface area contributed by atoms with Gasteiger partial charge >= 0.3 is 0 Å². The number of isocyanates is 1. The third-order valence-electron chi connectivity index (χ3n) is 3.17. The average Bonchev–Trinajstić information content (AvgIpc) is 2.32. The van der Waals surface area contributed by atoms with Crippen molar-refractivity contribution in [2.24, 2.45) is 16.8 Å². The fourth-order valence-corrected chi connectivity index (χ4v) is 2.70. The van der Waals surface area contributed by atoms with E-state index in [-0.39, 0.29) is 0 Å². The number of piperidine rings is 1. The number of likely N-dealkylation sites (tertiary alicyclic amines) is 1. The monoisotopic (exact) mass is 166 g/mol. The van der Waals surface area contributed by atoms with Crippen molar-refractivity contribution < 1.29 is 4.79 Å². The first-order chi connectivity index (χ1) is 5.81. The van der Waals surface area contributed by atoms with Crippen LogP contribution in [0.3, 0.4) is 0 Å². The molecule has 1 saturated carbocycles. The van der Waals surface area contributed by atoms with Crippen LogP contribution in [0.25, 0.3) is 0 Å². The fraction of sp³-hybridized carbons (Fsp3) is 0.889. The lowest BCUT2D eigenvalue weighted by Gasteiger charge is -2.32. The van der Waals surface area contributed by atoms with E-state index in [1.807, 2.05) is 0 Å². The van der Waals surface area contributed by atoms with E-state index in [0.29, 0.717) is 17.9 Å². The number of carbonyl (C=O) groups excluding carboxylic acids is 1. The highest BCUT2D eigenvalue weighted by Crippen LogP contribution is 2.38. The zero-order chi connectivity index (χ0) is 8.55. The second kappa shape index (κ2) is 3.00. The SMILES string of the molecule is CN1CC2CCC(C1)C2N=C=O. The van der Waals surface area contributed by atoms with Crippen LogP contribution in [0.15, 0.2) is 4.99 Å². The summed E-state index contributed by atoms with van der Waals surface area (Å²) in [5.74, 6) is 1.24. The van der Waals surface area contributed by atoms with Crippen LogP contribution in [0.1, 0.15) is 12.8 Å². The Hall–Kier alpha value is -0.660. The molecular formula is C9H14N2O. The zero-order valence-electron chi connectivity index (χ0n) is 7.36. The van der Waals surface area contributed by atoms with Gasteiger partial charge in [0.25, 0.3) is 0 Å². The number of hydrogen-bond donors (Lipinski definition) is 0. The van der Waals surface area contributed by atoms with Crippen LogP contribution in [0.5, 0.6) is 0 Å². The Labute approximate surface area is 72.5 Å². The standard InChI is InChI=1S/C9H14N2O/c1-11-4-7-2-3-8(5-11)9(7)10-6-12/h7-9H,2-5H2,1H3. The summed E-state index contributed by atoms with van der Waals surface area (Å²) < 4.78 is 0. The predicted octanol–water partition coefficient (Wildman–Crippen LogP) is 0.662. The largest absolute Gasteiger partial charge is 0.306 e. The van der Waals surface area contributed by atoms with E-state index < -0.39 is 0 Å². The summed E-state index contributed by atoms with van der Waals surface area (Å²) in [6.45, 7) is 2.21. The number of rotatable bonds is 1. The van der Waals surface area contributed by atoms with Gasteiger partial charge in [0.05, 0.1) is 6.04 Å². The van der Waals surface area contributed by atoms with Gasteiger partial charge in [0.2, 0.25) is 6.08 Å². The molecule has 2 bridgehead atoms. The van der Waals surface area contributed by atoms with Gasteiger partial charge in [-0.1, -0.05) is 0 Å². The fourth-order valence-electron chi connectivity index (χ4n) is 2.70. The van der Waals surface area contributed by atoms with Crippen LogP contribution in [-0.2, 0) is 4.79 Å². The summed E-state index contributed by atoms with van der Waals surface area (Å²) in [7, 11) is 2.15. The minimum absolute atomic E-state index is 0.290. The molecule has 66 valence electrons. The summed E-state index contributed by atoms with van der Waals surface area (Å²) in [5.41, 5.74) is 0. The Balaban J connectivity index is 2.13. The molecule has 2 atom stereocenters. The Bertz CT molecular complexity index is 209. The molecule has 1 aliphatic heterocycles. The van der Waals surface area contributed by atoms with Crippen LogP contribution in [0, 0.1) is 11.8 Å². The number of nitrogens with zero attached hydrogens (tertiary/aromatic N) is 2. The van der Waals surface area contributed by atoms with Gasteiger partial charge < -0.3 is 4.90 Å². The first-order valence-electron chi connectivity index (χ1n) is 4.57. The van der Waals surface area contributed by atoms with Gasteiger partial charge in [-0.25, -0.2) is 9.79 Å². The number of fused-ring (bicyclic) bond motifs is 2. The molecule has 0 aromatic heterocycles. The van der Waals surface area contributed by atoms with Crippen molar-refractivity contribution in [1.82, 2.24) is 4.90 Å². The maximum Gasteiger partial charge on any atom is 0.235 e. The lowest BCUT2D eigenvalue weighted by Crippen LogP contribution is -2.41. The highest BCUT2D eigenvalue weighted by atomic mass is 16.1. The van der Waals surface area contributed by atoms with Crippen LogP contribution in [-0.4, -0.2) is 37.2 Å². The van der Waals surface area contributed by atoms with Crippen LogP contribution < -0.4 is 0 Å². The van der Waals surface area contributed by atoms with Crippen molar-refractivity contribution in [3.8, 4) is 0 Å². The normalized spacial score (nSPS) is 40.9. The number of hydrogen-bond acceptors (Lipinski definition) is 3. The average molecular weight is 166 g/mol. The molecule has 1 aliphatic carbocycles. The molecule has 0 N–H and O–H groups in total. The third-order valence-corrected chi connectivity index (χ3v) is 3.17. The third kappa shape index (κ3) is 1.19. The molecule has 0 aromatic carbocycles. The molecule has 1 heterocycles. The molecule has 0 radical (unpaired) electrons. The molecule has 2 aliphatic rings. The van der Waals surface area contributed by atoms with Crippen molar-refractivity contribution in [3.63, 3.8) is 0 Å². The quantitative estimate of drug-likeness (QED) is 0.423. The van der Waals surface area contributed by atoms with Gasteiger partial charge in [-0.15, -0.1) is 0 Å². The van der Waals surface area contributed by atoms with Crippen LogP contribution in [0.4, 0.5) is 0 Å². The van der Waals surface area contributed by atoms with E-state index in [1.165, 1.54) is 12.8 Å². The second-order valence-electron chi connectivity index (χ2n) is 4.03. The van der Waals surface area contributed by atoms with Gasteiger partial charge in [0.15, 0.2) is 0 Å². The molecule has 3 nitrogen and oxygen atoms in total. The van der Waals surface area contributed by atoms with Gasteiger partial charge in [-0.3, -0.25) is 0 Å².